The van der Waals surface area contributed by atoms with Gasteiger partial charge in [-0.25, -0.2) is 0 Å². The molecule has 52 valence electrons. The van der Waals surface area contributed by atoms with Crippen LogP contribution in [0.15, 0.2) is 12.2 Å². The monoisotopic (exact) mass is 125 g/mol. The molecular weight excluding hydrogens is 110 g/mol. The predicted molar refractivity (Wildman–Crippen MR) is 42.1 cm³/mol. The summed E-state index contributed by atoms with van der Waals surface area (Å²) in [4.78, 5) is 0. The number of nitrogens with one attached hydrogen (secondary N) is 1. The zero-order valence-electron chi connectivity index (χ0n) is 6.33. The standard InChI is InChI=1S/C8H15N/c1-4-5-8(9)6-7(2)3/h9H,2,4-6H2,1,3H3. The Morgan fingerprint density at radius 2 is 2.11 bits per heavy atom. The van der Waals surface area contributed by atoms with Gasteiger partial charge in [0.1, 0.15) is 0 Å². The number of allylic oxidation sites excluding steroid dienone is 1. The molecule has 0 aliphatic heterocycles. The molecule has 0 saturated carbocycles. The van der Waals surface area contributed by atoms with E-state index in [-0.39, 0.29) is 0 Å². The van der Waals surface area contributed by atoms with Crippen molar-refractivity contribution in [3.63, 3.8) is 0 Å². The van der Waals surface area contributed by atoms with E-state index in [1.807, 2.05) is 6.92 Å². The molecule has 1 heteroatoms. The molecule has 0 spiro atoms. The van der Waals surface area contributed by atoms with Gasteiger partial charge in [-0.15, -0.1) is 0 Å². The summed E-state index contributed by atoms with van der Waals surface area (Å²) >= 11 is 0. The summed E-state index contributed by atoms with van der Waals surface area (Å²) in [7, 11) is 0. The van der Waals surface area contributed by atoms with E-state index in [2.05, 4.69) is 13.5 Å². The summed E-state index contributed by atoms with van der Waals surface area (Å²) in [6, 6.07) is 0. The third-order valence-corrected chi connectivity index (χ3v) is 1.07. The van der Waals surface area contributed by atoms with Crippen LogP contribution in [0.25, 0.3) is 0 Å². The van der Waals surface area contributed by atoms with Crippen LogP contribution in [0.3, 0.4) is 0 Å². The van der Waals surface area contributed by atoms with Gasteiger partial charge in [-0.2, -0.15) is 0 Å². The van der Waals surface area contributed by atoms with Gasteiger partial charge in [-0.05, 0) is 13.3 Å². The van der Waals surface area contributed by atoms with Crippen LogP contribution < -0.4 is 0 Å². The number of hydrogen-bond acceptors (Lipinski definition) is 1. The summed E-state index contributed by atoms with van der Waals surface area (Å²) < 4.78 is 0. The lowest BCUT2D eigenvalue weighted by molar-refractivity contribution is 0.962. The van der Waals surface area contributed by atoms with E-state index >= 15 is 0 Å². The summed E-state index contributed by atoms with van der Waals surface area (Å²) in [5, 5.41) is 7.36. The zero-order valence-corrected chi connectivity index (χ0v) is 6.33. The third-order valence-electron chi connectivity index (χ3n) is 1.07. The van der Waals surface area contributed by atoms with Gasteiger partial charge in [-0.1, -0.05) is 25.5 Å². The molecule has 1 N–H and O–H groups in total. The zero-order chi connectivity index (χ0) is 7.28. The van der Waals surface area contributed by atoms with Crippen molar-refractivity contribution >= 4 is 5.71 Å². The molecule has 0 bridgehead atoms. The summed E-state index contributed by atoms with van der Waals surface area (Å²) in [5.74, 6) is 0. The van der Waals surface area contributed by atoms with E-state index in [1.165, 1.54) is 0 Å². The topological polar surface area (TPSA) is 23.9 Å². The largest absolute Gasteiger partial charge is 0.309 e. The maximum Gasteiger partial charge on any atom is 0.0129 e. The normalized spacial score (nSPS) is 9.11. The van der Waals surface area contributed by atoms with Gasteiger partial charge in [0.15, 0.2) is 0 Å². The Labute approximate surface area is 57.3 Å². The van der Waals surface area contributed by atoms with Crippen LogP contribution in [0.1, 0.15) is 33.1 Å². The summed E-state index contributed by atoms with van der Waals surface area (Å²) in [6.45, 7) is 7.79. The predicted octanol–water partition coefficient (Wildman–Crippen LogP) is 2.77. The number of rotatable bonds is 4. The molecule has 0 amide bonds. The molecule has 0 unspecified atom stereocenters. The minimum Gasteiger partial charge on any atom is -0.309 e. The Balaban J connectivity index is 3.39. The lowest BCUT2D eigenvalue weighted by Crippen LogP contribution is -1.94. The van der Waals surface area contributed by atoms with Crippen LogP contribution in [-0.4, -0.2) is 5.71 Å². The van der Waals surface area contributed by atoms with Crippen molar-refractivity contribution in [3.8, 4) is 0 Å². The molecule has 0 fully saturated rings. The van der Waals surface area contributed by atoms with E-state index in [0.29, 0.717) is 0 Å². The minimum atomic E-state index is 0.786. The van der Waals surface area contributed by atoms with E-state index in [1.54, 1.807) is 0 Å². The first-order valence-corrected chi connectivity index (χ1v) is 3.37. The van der Waals surface area contributed by atoms with Gasteiger partial charge >= 0.3 is 0 Å². The van der Waals surface area contributed by atoms with Crippen molar-refractivity contribution in [3.05, 3.63) is 12.2 Å². The second-order valence-corrected chi connectivity index (χ2v) is 2.49. The fourth-order valence-electron chi connectivity index (χ4n) is 0.754. The first-order valence-electron chi connectivity index (χ1n) is 3.37. The van der Waals surface area contributed by atoms with Gasteiger partial charge in [-0.3, -0.25) is 0 Å². The Morgan fingerprint density at radius 1 is 1.56 bits per heavy atom. The highest BCUT2D eigenvalue weighted by Gasteiger charge is 1.93. The van der Waals surface area contributed by atoms with E-state index in [9.17, 15) is 0 Å². The van der Waals surface area contributed by atoms with Crippen molar-refractivity contribution in [2.75, 3.05) is 0 Å². The van der Waals surface area contributed by atoms with Crippen LogP contribution in [0.2, 0.25) is 0 Å². The molecule has 0 heterocycles. The van der Waals surface area contributed by atoms with Gasteiger partial charge < -0.3 is 5.41 Å². The quantitative estimate of drug-likeness (QED) is 0.441. The van der Waals surface area contributed by atoms with Crippen molar-refractivity contribution in [2.24, 2.45) is 0 Å². The molecule has 0 aliphatic carbocycles. The molecule has 0 rings (SSSR count). The lowest BCUT2D eigenvalue weighted by Gasteiger charge is -1.98. The first kappa shape index (κ1) is 8.41. The molecule has 0 atom stereocenters. The first-order chi connectivity index (χ1) is 4.16. The molecule has 0 aromatic carbocycles. The van der Waals surface area contributed by atoms with Gasteiger partial charge in [0, 0.05) is 12.1 Å². The van der Waals surface area contributed by atoms with Crippen LogP contribution in [-0.2, 0) is 0 Å². The summed E-state index contributed by atoms with van der Waals surface area (Å²) in [6.07, 6.45) is 2.78. The van der Waals surface area contributed by atoms with Gasteiger partial charge in [0.05, 0.1) is 0 Å². The average Bonchev–Trinajstić information content (AvgIpc) is 1.63. The highest BCUT2D eigenvalue weighted by Crippen LogP contribution is 2.01. The van der Waals surface area contributed by atoms with Crippen molar-refractivity contribution in [1.82, 2.24) is 0 Å². The van der Waals surface area contributed by atoms with Crippen LogP contribution in [0.5, 0.6) is 0 Å². The molecular formula is C8H15N. The average molecular weight is 125 g/mol. The van der Waals surface area contributed by atoms with Crippen molar-refractivity contribution in [2.45, 2.75) is 33.1 Å². The van der Waals surface area contributed by atoms with Crippen molar-refractivity contribution in [1.29, 1.82) is 5.41 Å². The SMILES string of the molecule is C=C(C)CC(=N)CCC. The molecule has 0 aromatic rings. The summed E-state index contributed by atoms with van der Waals surface area (Å²) in [5.41, 5.74) is 1.90. The Hall–Kier alpha value is -0.590. The maximum absolute atomic E-state index is 7.36. The Kier molecular flexibility index (Phi) is 4.02. The van der Waals surface area contributed by atoms with Gasteiger partial charge in [0.2, 0.25) is 0 Å². The molecule has 0 aliphatic rings. The van der Waals surface area contributed by atoms with Crippen LogP contribution >= 0.6 is 0 Å². The smallest absolute Gasteiger partial charge is 0.0129 e. The van der Waals surface area contributed by atoms with Crippen LogP contribution in [0, 0.1) is 5.41 Å². The molecule has 1 nitrogen and oxygen atoms in total. The lowest BCUT2D eigenvalue weighted by atomic mass is 10.1. The fourth-order valence-corrected chi connectivity index (χ4v) is 0.754. The molecule has 0 radical (unpaired) electrons. The minimum absolute atomic E-state index is 0.786. The van der Waals surface area contributed by atoms with E-state index in [4.69, 9.17) is 5.41 Å². The third kappa shape index (κ3) is 5.28. The van der Waals surface area contributed by atoms with E-state index in [0.717, 1.165) is 30.5 Å². The highest BCUT2D eigenvalue weighted by atomic mass is 14.4. The van der Waals surface area contributed by atoms with Crippen molar-refractivity contribution < 1.29 is 0 Å². The highest BCUT2D eigenvalue weighted by molar-refractivity contribution is 5.83. The Bertz CT molecular complexity index is 114. The number of hydrogen-bond donors (Lipinski definition) is 1. The molecule has 0 aromatic heterocycles. The van der Waals surface area contributed by atoms with Crippen LogP contribution in [0.4, 0.5) is 0 Å². The maximum atomic E-state index is 7.36. The second kappa shape index (κ2) is 4.30. The van der Waals surface area contributed by atoms with Gasteiger partial charge in [0.25, 0.3) is 0 Å². The van der Waals surface area contributed by atoms with E-state index < -0.39 is 0 Å². The molecule has 0 saturated heterocycles. The Morgan fingerprint density at radius 3 is 2.44 bits per heavy atom. The molecule has 9 heavy (non-hydrogen) atoms. The second-order valence-electron chi connectivity index (χ2n) is 2.49. The fraction of sp³-hybridized carbons (Fsp3) is 0.625.